The molecule has 0 spiro atoms. The fourth-order valence-corrected chi connectivity index (χ4v) is 3.24. The maximum atomic E-state index is 10.7. The summed E-state index contributed by atoms with van der Waals surface area (Å²) in [6, 6.07) is 0. The van der Waals surface area contributed by atoms with E-state index < -0.39 is 60.1 Å². The number of hydrogen-bond acceptors (Lipinski definition) is 10. The van der Waals surface area contributed by atoms with Gasteiger partial charge in [-0.15, -0.1) is 0 Å². The average molecular weight is 524 g/mol. The molecule has 0 aliphatic rings. The van der Waals surface area contributed by atoms with Crippen LogP contribution in [0.25, 0.3) is 0 Å². The molecule has 4 atom stereocenters. The number of hydrogen-bond donors (Lipinski definition) is 0. The van der Waals surface area contributed by atoms with Crippen molar-refractivity contribution in [1.82, 2.24) is 0 Å². The van der Waals surface area contributed by atoms with Crippen molar-refractivity contribution in [3.05, 3.63) is 0 Å². The second-order valence-electron chi connectivity index (χ2n) is 6.61. The van der Waals surface area contributed by atoms with E-state index in [1.54, 1.807) is 27.7 Å². The van der Waals surface area contributed by atoms with Gasteiger partial charge in [-0.25, -0.2) is 0 Å². The minimum atomic E-state index is -1.48. The van der Waals surface area contributed by atoms with Crippen LogP contribution in [0.15, 0.2) is 0 Å². The summed E-state index contributed by atoms with van der Waals surface area (Å²) in [5.41, 5.74) is 0. The molecule has 0 fully saturated rings. The van der Waals surface area contributed by atoms with E-state index in [2.05, 4.69) is 0 Å². The van der Waals surface area contributed by atoms with Crippen LogP contribution in [-0.2, 0) is 58.5 Å². The van der Waals surface area contributed by atoms with Crippen molar-refractivity contribution in [2.45, 2.75) is 80.4 Å². The molecule has 11 heteroatoms. The SMILES string of the molecule is CC(=O)C(C)[O][Zr+2][O]C(C)C(C)=O.CCC(C(C)=O)C(=O)[O-].CCC(C(C)=O)C(=O)[O-]. The molecule has 0 bridgehead atoms. The maximum absolute atomic E-state index is 10.7. The van der Waals surface area contributed by atoms with Gasteiger partial charge in [0.15, 0.2) is 0 Å². The second-order valence-corrected chi connectivity index (χ2v) is 8.17. The van der Waals surface area contributed by atoms with Crippen molar-refractivity contribution in [1.29, 1.82) is 0 Å². The first kappa shape index (κ1) is 34.0. The molecule has 4 unspecified atom stereocenters. The summed E-state index contributed by atoms with van der Waals surface area (Å²) in [7, 11) is 0. The smallest absolute Gasteiger partial charge is 0.138 e. The first-order valence-electron chi connectivity index (χ1n) is 9.63. The zero-order valence-corrected chi connectivity index (χ0v) is 21.8. The topological polar surface area (TPSA) is 167 Å². The summed E-state index contributed by atoms with van der Waals surface area (Å²) in [6.45, 7) is 12.1. The largest absolute Gasteiger partial charge is 0.549 e. The molecule has 0 aliphatic carbocycles. The van der Waals surface area contributed by atoms with E-state index in [1.807, 2.05) is 0 Å². The summed E-state index contributed by atoms with van der Waals surface area (Å²) >= 11 is -1.48. The van der Waals surface area contributed by atoms with Crippen LogP contribution in [0.3, 0.4) is 0 Å². The zero-order chi connectivity index (χ0) is 25.3. The third-order valence-corrected chi connectivity index (χ3v) is 6.17. The summed E-state index contributed by atoms with van der Waals surface area (Å²) < 4.78 is 10.3. The van der Waals surface area contributed by atoms with Crippen LogP contribution in [0.4, 0.5) is 0 Å². The van der Waals surface area contributed by atoms with Gasteiger partial charge in [0.25, 0.3) is 0 Å². The van der Waals surface area contributed by atoms with Crippen molar-refractivity contribution < 1.29 is 68.7 Å². The van der Waals surface area contributed by atoms with Crippen LogP contribution in [-0.4, -0.2) is 47.3 Å². The van der Waals surface area contributed by atoms with Crippen molar-refractivity contribution in [3.8, 4) is 0 Å². The summed E-state index contributed by atoms with van der Waals surface area (Å²) in [5.74, 6) is -5.07. The number of ketones is 4. The number of carbonyl (C=O) groups is 6. The minimum Gasteiger partial charge on any atom is -0.549 e. The van der Waals surface area contributed by atoms with E-state index in [0.717, 1.165) is 0 Å². The Morgan fingerprint density at radius 1 is 0.645 bits per heavy atom. The Bertz CT molecular complexity index is 537. The minimum absolute atomic E-state index is 0.0139. The van der Waals surface area contributed by atoms with E-state index in [1.165, 1.54) is 27.7 Å². The van der Waals surface area contributed by atoms with Gasteiger partial charge in [-0.2, -0.15) is 0 Å². The first-order chi connectivity index (χ1) is 14.1. The number of carbonyl (C=O) groups excluding carboxylic acids is 6. The second kappa shape index (κ2) is 19.1. The van der Waals surface area contributed by atoms with Crippen LogP contribution >= 0.6 is 0 Å². The zero-order valence-electron chi connectivity index (χ0n) is 19.3. The summed E-state index contributed by atoms with van der Waals surface area (Å²) in [6.07, 6.45) is -0.161. The summed E-state index contributed by atoms with van der Waals surface area (Å²) in [4.78, 5) is 62.3. The van der Waals surface area contributed by atoms with Gasteiger partial charge in [0.1, 0.15) is 11.6 Å². The van der Waals surface area contributed by atoms with Crippen LogP contribution in [0.2, 0.25) is 0 Å². The standard InChI is InChI=1S/2C6H10O3.2C4H7O2.Zr/c2*1-3-5(4(2)7)6(8)9;2*1-3(5)4(2)6;/h2*5H,3H2,1-2H3,(H,8,9);2*3H,1-2H3;/q;;2*-1;+4/p-2. The molecule has 176 valence electrons. The van der Waals surface area contributed by atoms with Crippen LogP contribution in [0.5, 0.6) is 0 Å². The third-order valence-electron chi connectivity index (χ3n) is 3.96. The third kappa shape index (κ3) is 18.9. The molecule has 31 heavy (non-hydrogen) atoms. The molecule has 0 aromatic rings. The van der Waals surface area contributed by atoms with E-state index in [9.17, 15) is 39.0 Å². The Morgan fingerprint density at radius 3 is 1.00 bits per heavy atom. The average Bonchev–Trinajstić information content (AvgIpc) is 2.62. The van der Waals surface area contributed by atoms with Gasteiger partial charge in [0, 0.05) is 0 Å². The molecule has 0 heterocycles. The molecule has 0 N–H and O–H groups in total. The Balaban J connectivity index is -0.000000390. The Kier molecular flexibility index (Phi) is 21.0. The van der Waals surface area contributed by atoms with Crippen molar-refractivity contribution in [3.63, 3.8) is 0 Å². The van der Waals surface area contributed by atoms with Crippen molar-refractivity contribution in [2.24, 2.45) is 11.8 Å². The Hall–Kier alpha value is -1.58. The fourth-order valence-electron chi connectivity index (χ4n) is 1.58. The van der Waals surface area contributed by atoms with Gasteiger partial charge >= 0.3 is 90.8 Å². The van der Waals surface area contributed by atoms with Crippen molar-refractivity contribution >= 4 is 35.1 Å². The molecule has 0 rings (SSSR count). The molecule has 0 radical (unpaired) electrons. The van der Waals surface area contributed by atoms with E-state index >= 15 is 0 Å². The van der Waals surface area contributed by atoms with Crippen LogP contribution in [0.1, 0.15) is 68.2 Å². The first-order valence-corrected chi connectivity index (χ1v) is 11.6. The van der Waals surface area contributed by atoms with Crippen molar-refractivity contribution in [2.75, 3.05) is 0 Å². The molecule has 0 amide bonds. The van der Waals surface area contributed by atoms with Crippen LogP contribution < -0.4 is 10.2 Å². The normalized spacial score (nSPS) is 13.4. The molecule has 0 saturated heterocycles. The molecule has 10 nitrogen and oxygen atoms in total. The molecular formula is C20H32O10Zr. The maximum Gasteiger partial charge on any atom is 0.138 e. The predicted octanol–water partition coefficient (Wildman–Crippen LogP) is -0.410. The van der Waals surface area contributed by atoms with Gasteiger partial charge in [-0.3, -0.25) is 9.59 Å². The van der Waals surface area contributed by atoms with Gasteiger partial charge in [-0.1, -0.05) is 13.8 Å². The number of rotatable bonds is 12. The monoisotopic (exact) mass is 522 g/mol. The molecular weight excluding hydrogens is 491 g/mol. The van der Waals surface area contributed by atoms with Gasteiger partial charge in [-0.05, 0) is 26.7 Å². The number of carboxylic acids is 2. The number of aliphatic carboxylic acids is 2. The van der Waals surface area contributed by atoms with Gasteiger partial charge < -0.3 is 19.8 Å². The van der Waals surface area contributed by atoms with Crippen LogP contribution in [0, 0.1) is 11.8 Å². The molecule has 0 saturated carbocycles. The fraction of sp³-hybridized carbons (Fsp3) is 0.700. The van der Waals surface area contributed by atoms with E-state index in [0.29, 0.717) is 12.8 Å². The molecule has 0 aromatic heterocycles. The number of carboxylic acid groups (broad SMARTS) is 2. The van der Waals surface area contributed by atoms with Gasteiger partial charge in [0.05, 0.1) is 23.8 Å². The summed E-state index contributed by atoms with van der Waals surface area (Å²) in [5, 5.41) is 20.1. The Labute approximate surface area is 195 Å². The Morgan fingerprint density at radius 2 is 0.903 bits per heavy atom. The molecule has 0 aliphatic heterocycles. The number of Topliss-reactive ketones (excluding diaryl/α,β-unsaturated/α-hetero) is 4. The molecule has 0 aromatic carbocycles. The quantitative estimate of drug-likeness (QED) is 0.307. The predicted molar refractivity (Wildman–Crippen MR) is 101 cm³/mol. The van der Waals surface area contributed by atoms with E-state index in [4.69, 9.17) is 5.63 Å². The van der Waals surface area contributed by atoms with E-state index in [-0.39, 0.29) is 23.1 Å². The van der Waals surface area contributed by atoms with Gasteiger partial charge in [0.2, 0.25) is 0 Å².